The summed E-state index contributed by atoms with van der Waals surface area (Å²) in [6, 6.07) is 0. The number of carboxylic acid groups (broad SMARTS) is 1. The van der Waals surface area contributed by atoms with Crippen LogP contribution < -0.4 is 0 Å². The number of carbonyl (C=O) groups is 1. The van der Waals surface area contributed by atoms with Crippen molar-refractivity contribution < 1.29 is 9.90 Å². The Balaban J connectivity index is 0.000000110. The zero-order valence-corrected chi connectivity index (χ0v) is 4.42. The van der Waals surface area contributed by atoms with Crippen molar-refractivity contribution in [2.45, 2.75) is 19.8 Å². The predicted octanol–water partition coefficient (Wildman–Crippen LogP) is 1.12. The third kappa shape index (κ3) is 10.8. The lowest BCUT2D eigenvalue weighted by atomic mass is 10.5. The van der Waals surface area contributed by atoms with Crippen molar-refractivity contribution in [3.8, 4) is 0 Å². The van der Waals surface area contributed by atoms with Gasteiger partial charge in [0.1, 0.15) is 0 Å². The Kier molecular flexibility index (Phi) is 3.38. The lowest BCUT2D eigenvalue weighted by Crippen LogP contribution is -1.49. The molecule has 0 amide bonds. The van der Waals surface area contributed by atoms with Crippen LogP contribution in [0.3, 0.4) is 0 Å². The first kappa shape index (κ1) is 6.47. The minimum absolute atomic E-state index is 0.250. The molecular weight excluding hydrogens is 92.1 g/mol. The molecule has 0 heterocycles. The minimum Gasteiger partial charge on any atom is -0.483 e. The summed E-state index contributed by atoms with van der Waals surface area (Å²) in [5, 5.41) is 6.89. The zero-order valence-electron chi connectivity index (χ0n) is 4.42. The maximum Gasteiger partial charge on any atom is 0.290 e. The summed E-state index contributed by atoms with van der Waals surface area (Å²) in [5.74, 6) is 1.08. The van der Waals surface area contributed by atoms with Crippen molar-refractivity contribution in [2.24, 2.45) is 5.92 Å². The monoisotopic (exact) mass is 102 g/mol. The van der Waals surface area contributed by atoms with Gasteiger partial charge in [-0.1, -0.05) is 19.8 Å². The molecule has 1 aliphatic rings. The van der Waals surface area contributed by atoms with Gasteiger partial charge in [-0.05, 0) is 5.92 Å². The topological polar surface area (TPSA) is 37.3 Å². The smallest absolute Gasteiger partial charge is 0.290 e. The van der Waals surface area contributed by atoms with Gasteiger partial charge in [-0.25, -0.2) is 0 Å². The van der Waals surface area contributed by atoms with E-state index in [2.05, 4.69) is 6.92 Å². The molecule has 1 fully saturated rings. The largest absolute Gasteiger partial charge is 0.483 e. The van der Waals surface area contributed by atoms with Crippen LogP contribution in [0.4, 0.5) is 0 Å². The first-order valence-electron chi connectivity index (χ1n) is 2.39. The summed E-state index contributed by atoms with van der Waals surface area (Å²) in [7, 11) is 0. The highest BCUT2D eigenvalue weighted by molar-refractivity contribution is 5.32. The standard InChI is InChI=1S/C4H8.CH2O2/c1-4-2-3-4;2-1-3/h4H,2-3H2,1H3;1H,(H,2,3). The SMILES string of the molecule is CC1CC1.O=CO. The maximum atomic E-state index is 8.36. The Labute approximate surface area is 43.2 Å². The minimum atomic E-state index is -0.250. The molecule has 0 aromatic carbocycles. The molecule has 0 spiro atoms. The third-order valence-electron chi connectivity index (χ3n) is 0.866. The van der Waals surface area contributed by atoms with Gasteiger partial charge in [-0.2, -0.15) is 0 Å². The Hall–Kier alpha value is -0.530. The van der Waals surface area contributed by atoms with Gasteiger partial charge in [-0.15, -0.1) is 0 Å². The second-order valence-corrected chi connectivity index (χ2v) is 1.79. The van der Waals surface area contributed by atoms with Gasteiger partial charge in [0, 0.05) is 0 Å². The van der Waals surface area contributed by atoms with Gasteiger partial charge in [0.15, 0.2) is 0 Å². The Morgan fingerprint density at radius 2 is 1.86 bits per heavy atom. The van der Waals surface area contributed by atoms with E-state index in [4.69, 9.17) is 9.90 Å². The third-order valence-corrected chi connectivity index (χ3v) is 0.866. The van der Waals surface area contributed by atoms with E-state index in [1.54, 1.807) is 0 Å². The van der Waals surface area contributed by atoms with E-state index in [0.717, 1.165) is 5.92 Å². The molecule has 0 atom stereocenters. The van der Waals surface area contributed by atoms with E-state index < -0.39 is 0 Å². The molecule has 42 valence electrons. The number of hydrogen-bond donors (Lipinski definition) is 1. The quantitative estimate of drug-likeness (QED) is 0.465. The normalized spacial score (nSPS) is 16.7. The highest BCUT2D eigenvalue weighted by Crippen LogP contribution is 2.26. The lowest BCUT2D eigenvalue weighted by Gasteiger charge is -1.53. The fourth-order valence-electron chi connectivity index (χ4n) is 0.167. The summed E-state index contributed by atoms with van der Waals surface area (Å²) in [6.07, 6.45) is 2.97. The van der Waals surface area contributed by atoms with Crippen LogP contribution in [0.25, 0.3) is 0 Å². The summed E-state index contributed by atoms with van der Waals surface area (Å²) in [6.45, 7) is 2.03. The van der Waals surface area contributed by atoms with E-state index in [1.165, 1.54) is 12.8 Å². The second kappa shape index (κ2) is 3.65. The average Bonchev–Trinajstić information content (AvgIpc) is 2.25. The molecule has 0 aromatic rings. The first-order chi connectivity index (χ1) is 3.31. The van der Waals surface area contributed by atoms with Crippen molar-refractivity contribution >= 4 is 6.47 Å². The Bertz CT molecular complexity index is 48.0. The van der Waals surface area contributed by atoms with Crippen LogP contribution >= 0.6 is 0 Å². The molecule has 1 N–H and O–H groups in total. The summed E-state index contributed by atoms with van der Waals surface area (Å²) < 4.78 is 0. The molecule has 1 saturated carbocycles. The van der Waals surface area contributed by atoms with Crippen molar-refractivity contribution in [3.05, 3.63) is 0 Å². The molecule has 0 aliphatic heterocycles. The Morgan fingerprint density at radius 3 is 1.86 bits per heavy atom. The van der Waals surface area contributed by atoms with Crippen molar-refractivity contribution in [1.29, 1.82) is 0 Å². The van der Waals surface area contributed by atoms with Gasteiger partial charge < -0.3 is 5.11 Å². The van der Waals surface area contributed by atoms with E-state index in [9.17, 15) is 0 Å². The van der Waals surface area contributed by atoms with Gasteiger partial charge in [0.2, 0.25) is 0 Å². The maximum absolute atomic E-state index is 8.36. The van der Waals surface area contributed by atoms with Gasteiger partial charge in [-0.3, -0.25) is 4.79 Å². The summed E-state index contributed by atoms with van der Waals surface area (Å²) in [5.41, 5.74) is 0. The van der Waals surface area contributed by atoms with Crippen LogP contribution in [0.2, 0.25) is 0 Å². The molecule has 1 aliphatic carbocycles. The summed E-state index contributed by atoms with van der Waals surface area (Å²) >= 11 is 0. The highest BCUT2D eigenvalue weighted by Gasteiger charge is 2.12. The molecule has 0 unspecified atom stereocenters. The van der Waals surface area contributed by atoms with E-state index in [1.807, 2.05) is 0 Å². The van der Waals surface area contributed by atoms with Crippen LogP contribution in [0.15, 0.2) is 0 Å². The van der Waals surface area contributed by atoms with Gasteiger partial charge >= 0.3 is 0 Å². The van der Waals surface area contributed by atoms with Crippen LogP contribution in [0.5, 0.6) is 0 Å². The Morgan fingerprint density at radius 1 is 1.71 bits per heavy atom. The summed E-state index contributed by atoms with van der Waals surface area (Å²) in [4.78, 5) is 8.36. The van der Waals surface area contributed by atoms with Crippen molar-refractivity contribution in [1.82, 2.24) is 0 Å². The molecular formula is C5H10O2. The highest BCUT2D eigenvalue weighted by atomic mass is 16.3. The van der Waals surface area contributed by atoms with Crippen LogP contribution in [-0.2, 0) is 4.79 Å². The fraction of sp³-hybridized carbons (Fsp3) is 0.800. The molecule has 2 heteroatoms. The van der Waals surface area contributed by atoms with Gasteiger partial charge in [0.05, 0.1) is 0 Å². The van der Waals surface area contributed by atoms with Crippen LogP contribution in [0.1, 0.15) is 19.8 Å². The van der Waals surface area contributed by atoms with Crippen LogP contribution in [-0.4, -0.2) is 11.6 Å². The molecule has 1 rings (SSSR count). The number of rotatable bonds is 0. The van der Waals surface area contributed by atoms with E-state index in [0.29, 0.717) is 0 Å². The van der Waals surface area contributed by atoms with E-state index >= 15 is 0 Å². The fourth-order valence-corrected chi connectivity index (χ4v) is 0.167. The van der Waals surface area contributed by atoms with Crippen molar-refractivity contribution in [2.75, 3.05) is 0 Å². The average molecular weight is 102 g/mol. The molecule has 0 radical (unpaired) electrons. The second-order valence-electron chi connectivity index (χ2n) is 1.79. The molecule has 2 nitrogen and oxygen atoms in total. The molecule has 0 bridgehead atoms. The lowest BCUT2D eigenvalue weighted by molar-refractivity contribution is -0.122. The van der Waals surface area contributed by atoms with Crippen LogP contribution in [0, 0.1) is 5.92 Å². The first-order valence-corrected chi connectivity index (χ1v) is 2.39. The molecule has 0 saturated heterocycles. The van der Waals surface area contributed by atoms with E-state index in [-0.39, 0.29) is 6.47 Å². The molecule has 7 heavy (non-hydrogen) atoms. The van der Waals surface area contributed by atoms with Gasteiger partial charge in [0.25, 0.3) is 6.47 Å². The zero-order chi connectivity index (χ0) is 5.70. The predicted molar refractivity (Wildman–Crippen MR) is 27.1 cm³/mol. The number of hydrogen-bond acceptors (Lipinski definition) is 1. The van der Waals surface area contributed by atoms with Crippen molar-refractivity contribution in [3.63, 3.8) is 0 Å². The molecule has 0 aromatic heterocycles.